The van der Waals surface area contributed by atoms with Crippen LogP contribution in [0.3, 0.4) is 0 Å². The number of benzene rings is 1. The second-order valence-corrected chi connectivity index (χ2v) is 4.72. The summed E-state index contributed by atoms with van der Waals surface area (Å²) in [6.45, 7) is 7.62. The van der Waals surface area contributed by atoms with E-state index in [-0.39, 0.29) is 5.82 Å². The lowest BCUT2D eigenvalue weighted by Gasteiger charge is -2.17. The summed E-state index contributed by atoms with van der Waals surface area (Å²) < 4.78 is 12.9. The van der Waals surface area contributed by atoms with E-state index in [1.807, 2.05) is 6.07 Å². The van der Waals surface area contributed by atoms with Crippen LogP contribution in [0.25, 0.3) is 0 Å². The Kier molecular flexibility index (Phi) is 5.47. The van der Waals surface area contributed by atoms with E-state index in [1.165, 1.54) is 6.07 Å². The zero-order chi connectivity index (χ0) is 12.0. The molecular formula is C14H22FN. The molecule has 1 rings (SSSR count). The quantitative estimate of drug-likeness (QED) is 0.729. The van der Waals surface area contributed by atoms with E-state index in [0.29, 0.717) is 12.0 Å². The van der Waals surface area contributed by atoms with Gasteiger partial charge in [-0.3, -0.25) is 0 Å². The molecule has 90 valence electrons. The van der Waals surface area contributed by atoms with Gasteiger partial charge in [0.2, 0.25) is 0 Å². The molecule has 0 bridgehead atoms. The van der Waals surface area contributed by atoms with Crippen LogP contribution in [0.2, 0.25) is 0 Å². The number of hydrogen-bond donors (Lipinski definition) is 1. The van der Waals surface area contributed by atoms with E-state index in [1.54, 1.807) is 12.1 Å². The van der Waals surface area contributed by atoms with Crippen molar-refractivity contribution in [1.29, 1.82) is 0 Å². The topological polar surface area (TPSA) is 12.0 Å². The van der Waals surface area contributed by atoms with E-state index >= 15 is 0 Å². The lowest BCUT2D eigenvalue weighted by molar-refractivity contribution is 0.424. The van der Waals surface area contributed by atoms with Crippen LogP contribution in [0.1, 0.15) is 32.8 Å². The minimum absolute atomic E-state index is 0.138. The Morgan fingerprint density at radius 3 is 2.62 bits per heavy atom. The van der Waals surface area contributed by atoms with Gasteiger partial charge in [0.15, 0.2) is 0 Å². The third-order valence-corrected chi connectivity index (χ3v) is 3.00. The predicted octanol–water partition coefficient (Wildman–Crippen LogP) is 3.39. The molecule has 1 aromatic rings. The highest BCUT2D eigenvalue weighted by molar-refractivity contribution is 5.16. The standard InChI is InChI=1S/C14H22FN/c1-11(2)12(3)16-9-5-7-13-6-4-8-14(15)10-13/h4,6,8,10-12,16H,5,7,9H2,1-3H3. The summed E-state index contributed by atoms with van der Waals surface area (Å²) in [5.74, 6) is 0.523. The fourth-order valence-electron chi connectivity index (χ4n) is 1.55. The van der Waals surface area contributed by atoms with Crippen LogP contribution in [0, 0.1) is 11.7 Å². The van der Waals surface area contributed by atoms with Gasteiger partial charge >= 0.3 is 0 Å². The van der Waals surface area contributed by atoms with E-state index in [0.717, 1.165) is 24.9 Å². The van der Waals surface area contributed by atoms with Crippen LogP contribution < -0.4 is 5.32 Å². The molecule has 0 saturated heterocycles. The van der Waals surface area contributed by atoms with E-state index in [4.69, 9.17) is 0 Å². The summed E-state index contributed by atoms with van der Waals surface area (Å²) in [5, 5.41) is 3.47. The Morgan fingerprint density at radius 2 is 2.00 bits per heavy atom. The third kappa shape index (κ3) is 4.75. The van der Waals surface area contributed by atoms with Crippen LogP contribution in [0.15, 0.2) is 24.3 Å². The van der Waals surface area contributed by atoms with Crippen molar-refractivity contribution in [2.24, 2.45) is 5.92 Å². The van der Waals surface area contributed by atoms with Crippen LogP contribution in [0.4, 0.5) is 4.39 Å². The molecule has 1 unspecified atom stereocenters. The van der Waals surface area contributed by atoms with Crippen LogP contribution in [0.5, 0.6) is 0 Å². The molecule has 0 aliphatic carbocycles. The number of nitrogens with one attached hydrogen (secondary N) is 1. The van der Waals surface area contributed by atoms with Gasteiger partial charge in [0.1, 0.15) is 5.82 Å². The molecule has 0 amide bonds. The van der Waals surface area contributed by atoms with Crippen molar-refractivity contribution in [2.75, 3.05) is 6.54 Å². The Morgan fingerprint density at radius 1 is 1.25 bits per heavy atom. The van der Waals surface area contributed by atoms with Gasteiger partial charge in [0.05, 0.1) is 0 Å². The van der Waals surface area contributed by atoms with Crippen molar-refractivity contribution in [3.05, 3.63) is 35.6 Å². The monoisotopic (exact) mass is 223 g/mol. The molecule has 1 atom stereocenters. The molecule has 16 heavy (non-hydrogen) atoms. The van der Waals surface area contributed by atoms with Gasteiger partial charge in [0, 0.05) is 6.04 Å². The maximum Gasteiger partial charge on any atom is 0.123 e. The van der Waals surface area contributed by atoms with Crippen molar-refractivity contribution < 1.29 is 4.39 Å². The molecule has 1 nitrogen and oxygen atoms in total. The van der Waals surface area contributed by atoms with Crippen molar-refractivity contribution >= 4 is 0 Å². The summed E-state index contributed by atoms with van der Waals surface area (Å²) in [6.07, 6.45) is 2.00. The molecule has 0 spiro atoms. The molecule has 0 aliphatic rings. The van der Waals surface area contributed by atoms with Crippen LogP contribution in [-0.2, 0) is 6.42 Å². The molecule has 0 radical (unpaired) electrons. The SMILES string of the molecule is CC(C)C(C)NCCCc1cccc(F)c1. The first kappa shape index (κ1) is 13.2. The van der Waals surface area contributed by atoms with Crippen molar-refractivity contribution in [2.45, 2.75) is 39.7 Å². The van der Waals surface area contributed by atoms with Crippen molar-refractivity contribution in [3.8, 4) is 0 Å². The van der Waals surface area contributed by atoms with Crippen molar-refractivity contribution in [3.63, 3.8) is 0 Å². The Labute approximate surface area is 98.1 Å². The maximum atomic E-state index is 12.9. The number of hydrogen-bond acceptors (Lipinski definition) is 1. The zero-order valence-electron chi connectivity index (χ0n) is 10.5. The lowest BCUT2D eigenvalue weighted by Crippen LogP contribution is -2.31. The first-order chi connectivity index (χ1) is 7.59. The fraction of sp³-hybridized carbons (Fsp3) is 0.571. The molecule has 2 heteroatoms. The number of halogens is 1. The van der Waals surface area contributed by atoms with E-state index in [9.17, 15) is 4.39 Å². The lowest BCUT2D eigenvalue weighted by atomic mass is 10.1. The first-order valence-electron chi connectivity index (χ1n) is 6.07. The Bertz CT molecular complexity index is 309. The third-order valence-electron chi connectivity index (χ3n) is 3.00. The summed E-state index contributed by atoms with van der Waals surface area (Å²) >= 11 is 0. The zero-order valence-corrected chi connectivity index (χ0v) is 10.5. The van der Waals surface area contributed by atoms with E-state index in [2.05, 4.69) is 26.1 Å². The minimum Gasteiger partial charge on any atom is -0.314 e. The maximum absolute atomic E-state index is 12.9. The van der Waals surface area contributed by atoms with Gasteiger partial charge in [-0.2, -0.15) is 0 Å². The van der Waals surface area contributed by atoms with Gasteiger partial charge in [-0.05, 0) is 49.9 Å². The summed E-state index contributed by atoms with van der Waals surface area (Å²) in [4.78, 5) is 0. The Balaban J connectivity index is 2.21. The molecule has 1 N–H and O–H groups in total. The summed E-state index contributed by atoms with van der Waals surface area (Å²) in [5.41, 5.74) is 1.08. The van der Waals surface area contributed by atoms with Crippen LogP contribution in [-0.4, -0.2) is 12.6 Å². The molecular weight excluding hydrogens is 201 g/mol. The normalized spacial score (nSPS) is 13.1. The highest BCUT2D eigenvalue weighted by atomic mass is 19.1. The van der Waals surface area contributed by atoms with Gasteiger partial charge in [0.25, 0.3) is 0 Å². The van der Waals surface area contributed by atoms with Crippen LogP contribution >= 0.6 is 0 Å². The number of rotatable bonds is 6. The molecule has 0 fully saturated rings. The first-order valence-corrected chi connectivity index (χ1v) is 6.07. The highest BCUT2D eigenvalue weighted by Gasteiger charge is 2.04. The molecule has 0 aromatic heterocycles. The molecule has 0 saturated carbocycles. The fourth-order valence-corrected chi connectivity index (χ4v) is 1.55. The molecule has 0 heterocycles. The predicted molar refractivity (Wildman–Crippen MR) is 67.0 cm³/mol. The summed E-state index contributed by atoms with van der Waals surface area (Å²) in [7, 11) is 0. The molecule has 0 aliphatic heterocycles. The van der Waals surface area contributed by atoms with Gasteiger partial charge in [-0.1, -0.05) is 26.0 Å². The second kappa shape index (κ2) is 6.64. The second-order valence-electron chi connectivity index (χ2n) is 4.72. The van der Waals surface area contributed by atoms with Gasteiger partial charge in [-0.25, -0.2) is 4.39 Å². The Hall–Kier alpha value is -0.890. The number of aryl methyl sites for hydroxylation is 1. The highest BCUT2D eigenvalue weighted by Crippen LogP contribution is 2.06. The average molecular weight is 223 g/mol. The van der Waals surface area contributed by atoms with Gasteiger partial charge in [-0.15, -0.1) is 0 Å². The summed E-state index contributed by atoms with van der Waals surface area (Å²) in [6, 6.07) is 7.41. The van der Waals surface area contributed by atoms with E-state index < -0.39 is 0 Å². The van der Waals surface area contributed by atoms with Crippen molar-refractivity contribution in [1.82, 2.24) is 5.32 Å². The average Bonchev–Trinajstić information content (AvgIpc) is 2.24. The molecule has 1 aromatic carbocycles. The van der Waals surface area contributed by atoms with Gasteiger partial charge < -0.3 is 5.32 Å². The smallest absolute Gasteiger partial charge is 0.123 e. The minimum atomic E-state index is -0.138. The largest absolute Gasteiger partial charge is 0.314 e.